The van der Waals surface area contributed by atoms with E-state index in [1.54, 1.807) is 6.26 Å². The summed E-state index contributed by atoms with van der Waals surface area (Å²) in [6.07, 6.45) is 1.59. The first-order chi connectivity index (χ1) is 6.25. The second-order valence-corrected chi connectivity index (χ2v) is 3.38. The van der Waals surface area contributed by atoms with Crippen LogP contribution in [0, 0.1) is 4.84 Å². The van der Waals surface area contributed by atoms with E-state index < -0.39 is 0 Å². The molecule has 0 amide bonds. The summed E-state index contributed by atoms with van der Waals surface area (Å²) in [4.78, 5) is 3.30. The molecule has 0 aliphatic rings. The van der Waals surface area contributed by atoms with Crippen LogP contribution in [0.2, 0.25) is 5.02 Å². The van der Waals surface area contributed by atoms with Crippen molar-refractivity contribution in [1.82, 2.24) is 4.98 Å². The van der Waals surface area contributed by atoms with Gasteiger partial charge in [0.25, 0.3) is 4.84 Å². The molecule has 1 aromatic carbocycles. The zero-order chi connectivity index (χ0) is 9.26. The van der Waals surface area contributed by atoms with Crippen molar-refractivity contribution >= 4 is 23.8 Å². The van der Waals surface area contributed by atoms with Crippen LogP contribution in [0.3, 0.4) is 0 Å². The van der Waals surface area contributed by atoms with Crippen LogP contribution < -0.4 is 0 Å². The fraction of sp³-hybridized carbons (Fsp3) is 0. The number of aromatic amines is 1. The standard InChI is InChI=1S/C9H6ClNOS/c10-7-3-1-6(2-4-7)8-5-12-9(13)11-8/h1-5H,(H,11,13). The van der Waals surface area contributed by atoms with Crippen molar-refractivity contribution in [1.29, 1.82) is 0 Å². The second kappa shape index (κ2) is 3.36. The molecule has 0 unspecified atom stereocenters. The lowest BCUT2D eigenvalue weighted by Gasteiger charge is -1.94. The number of halogens is 1. The molecule has 66 valence electrons. The lowest BCUT2D eigenvalue weighted by atomic mass is 10.2. The van der Waals surface area contributed by atoms with Gasteiger partial charge in [-0.2, -0.15) is 0 Å². The van der Waals surface area contributed by atoms with E-state index in [9.17, 15) is 0 Å². The van der Waals surface area contributed by atoms with Crippen molar-refractivity contribution in [2.24, 2.45) is 0 Å². The molecule has 1 heterocycles. The molecule has 4 heteroatoms. The summed E-state index contributed by atoms with van der Waals surface area (Å²) in [6.45, 7) is 0. The van der Waals surface area contributed by atoms with E-state index in [1.165, 1.54) is 0 Å². The number of benzene rings is 1. The van der Waals surface area contributed by atoms with Crippen molar-refractivity contribution in [3.63, 3.8) is 0 Å². The SMILES string of the molecule is S=c1[nH]c(-c2ccc(Cl)cc2)co1. The van der Waals surface area contributed by atoms with E-state index in [0.717, 1.165) is 11.3 Å². The first kappa shape index (κ1) is 8.53. The molecule has 13 heavy (non-hydrogen) atoms. The molecule has 1 aromatic heterocycles. The number of hydrogen-bond acceptors (Lipinski definition) is 2. The molecule has 0 spiro atoms. The van der Waals surface area contributed by atoms with Gasteiger partial charge in [-0.15, -0.1) is 0 Å². The van der Waals surface area contributed by atoms with E-state index >= 15 is 0 Å². The summed E-state index contributed by atoms with van der Waals surface area (Å²) in [5.41, 5.74) is 1.87. The summed E-state index contributed by atoms with van der Waals surface area (Å²) >= 11 is 10.6. The Morgan fingerprint density at radius 1 is 1.23 bits per heavy atom. The van der Waals surface area contributed by atoms with E-state index in [-0.39, 0.29) is 0 Å². The molecule has 0 radical (unpaired) electrons. The monoisotopic (exact) mass is 211 g/mol. The maximum Gasteiger partial charge on any atom is 0.266 e. The first-order valence-corrected chi connectivity index (χ1v) is 4.48. The summed E-state index contributed by atoms with van der Waals surface area (Å²) < 4.78 is 4.98. The van der Waals surface area contributed by atoms with Crippen LogP contribution in [-0.4, -0.2) is 4.98 Å². The van der Waals surface area contributed by atoms with Gasteiger partial charge in [-0.1, -0.05) is 23.7 Å². The number of hydrogen-bond donors (Lipinski definition) is 1. The molecule has 0 saturated carbocycles. The van der Waals surface area contributed by atoms with Gasteiger partial charge in [0.2, 0.25) is 0 Å². The molecule has 2 rings (SSSR count). The molecule has 1 N–H and O–H groups in total. The molecule has 0 aliphatic heterocycles. The number of aromatic nitrogens is 1. The van der Waals surface area contributed by atoms with Crippen LogP contribution in [-0.2, 0) is 0 Å². The average Bonchev–Trinajstić information content (AvgIpc) is 2.53. The minimum atomic E-state index is 0.380. The summed E-state index contributed by atoms with van der Waals surface area (Å²) in [6, 6.07) is 7.44. The van der Waals surface area contributed by atoms with Crippen molar-refractivity contribution in [3.8, 4) is 11.3 Å². The van der Waals surface area contributed by atoms with Crippen molar-refractivity contribution in [2.75, 3.05) is 0 Å². The van der Waals surface area contributed by atoms with Gasteiger partial charge in [0, 0.05) is 10.6 Å². The van der Waals surface area contributed by atoms with Gasteiger partial charge in [-0.3, -0.25) is 0 Å². The highest BCUT2D eigenvalue weighted by molar-refractivity contribution is 7.71. The second-order valence-electron chi connectivity index (χ2n) is 2.57. The smallest absolute Gasteiger partial charge is 0.266 e. The highest BCUT2D eigenvalue weighted by Gasteiger charge is 1.99. The van der Waals surface area contributed by atoms with Gasteiger partial charge in [0.1, 0.15) is 6.26 Å². The van der Waals surface area contributed by atoms with Crippen LogP contribution in [0.1, 0.15) is 0 Å². The molecular weight excluding hydrogens is 206 g/mol. The lowest BCUT2D eigenvalue weighted by molar-refractivity contribution is 0.541. The highest BCUT2D eigenvalue weighted by Crippen LogP contribution is 2.19. The van der Waals surface area contributed by atoms with E-state index in [0.29, 0.717) is 9.86 Å². The summed E-state index contributed by atoms with van der Waals surface area (Å²) in [7, 11) is 0. The van der Waals surface area contributed by atoms with Crippen molar-refractivity contribution in [3.05, 3.63) is 40.4 Å². The van der Waals surface area contributed by atoms with Gasteiger partial charge in [-0.25, -0.2) is 0 Å². The summed E-state index contributed by atoms with van der Waals surface area (Å²) in [5, 5.41) is 0.714. The van der Waals surface area contributed by atoms with Crippen LogP contribution in [0.15, 0.2) is 34.9 Å². The maximum absolute atomic E-state index is 5.75. The fourth-order valence-electron chi connectivity index (χ4n) is 1.05. The first-order valence-electron chi connectivity index (χ1n) is 3.69. The average molecular weight is 212 g/mol. The van der Waals surface area contributed by atoms with Gasteiger partial charge < -0.3 is 9.40 Å². The zero-order valence-electron chi connectivity index (χ0n) is 6.58. The van der Waals surface area contributed by atoms with E-state index in [2.05, 4.69) is 4.98 Å². The largest absolute Gasteiger partial charge is 0.437 e. The Balaban J connectivity index is 2.47. The Hall–Kier alpha value is -1.06. The molecular formula is C9H6ClNOS. The molecule has 0 fully saturated rings. The molecule has 2 aromatic rings. The number of rotatable bonds is 1. The van der Waals surface area contributed by atoms with Crippen molar-refractivity contribution in [2.45, 2.75) is 0 Å². The minimum absolute atomic E-state index is 0.380. The number of nitrogens with one attached hydrogen (secondary N) is 1. The topological polar surface area (TPSA) is 28.9 Å². The van der Waals surface area contributed by atoms with E-state index in [1.807, 2.05) is 24.3 Å². The predicted molar refractivity (Wildman–Crippen MR) is 54.3 cm³/mol. The molecule has 0 bridgehead atoms. The third-order valence-corrected chi connectivity index (χ3v) is 2.13. The number of oxazole rings is 1. The van der Waals surface area contributed by atoms with Crippen LogP contribution in [0.4, 0.5) is 0 Å². The normalized spacial score (nSPS) is 10.2. The Morgan fingerprint density at radius 2 is 1.92 bits per heavy atom. The Kier molecular flexibility index (Phi) is 2.20. The third kappa shape index (κ3) is 1.82. The van der Waals surface area contributed by atoms with Gasteiger partial charge >= 0.3 is 0 Å². The molecule has 0 aliphatic carbocycles. The van der Waals surface area contributed by atoms with Gasteiger partial charge in [0.15, 0.2) is 0 Å². The fourth-order valence-corrected chi connectivity index (χ4v) is 1.34. The molecule has 2 nitrogen and oxygen atoms in total. The molecule has 0 saturated heterocycles. The Bertz CT molecular complexity index is 457. The third-order valence-electron chi connectivity index (χ3n) is 1.68. The highest BCUT2D eigenvalue weighted by atomic mass is 35.5. The molecule has 0 atom stereocenters. The van der Waals surface area contributed by atoms with E-state index in [4.69, 9.17) is 28.2 Å². The van der Waals surface area contributed by atoms with Crippen molar-refractivity contribution < 1.29 is 4.42 Å². The quantitative estimate of drug-likeness (QED) is 0.730. The zero-order valence-corrected chi connectivity index (χ0v) is 8.15. The Labute approximate surface area is 85.2 Å². The number of H-pyrrole nitrogens is 1. The van der Waals surface area contributed by atoms with Crippen LogP contribution >= 0.6 is 23.8 Å². The lowest BCUT2D eigenvalue weighted by Crippen LogP contribution is -1.75. The van der Waals surface area contributed by atoms with Crippen LogP contribution in [0.25, 0.3) is 11.3 Å². The minimum Gasteiger partial charge on any atom is -0.437 e. The van der Waals surface area contributed by atoms with Crippen LogP contribution in [0.5, 0.6) is 0 Å². The predicted octanol–water partition coefficient (Wildman–Crippen LogP) is 3.66. The maximum atomic E-state index is 5.75. The summed E-state index contributed by atoms with van der Waals surface area (Å²) in [5.74, 6) is 0. The van der Waals surface area contributed by atoms with Gasteiger partial charge in [0.05, 0.1) is 5.69 Å². The Morgan fingerprint density at radius 3 is 2.46 bits per heavy atom. The van der Waals surface area contributed by atoms with Gasteiger partial charge in [-0.05, 0) is 24.4 Å².